The minimum atomic E-state index is -0.259. The predicted octanol–water partition coefficient (Wildman–Crippen LogP) is 4.23. The van der Waals surface area contributed by atoms with Gasteiger partial charge in [-0.1, -0.05) is 41.9 Å². The first-order valence-electron chi connectivity index (χ1n) is 8.00. The number of anilines is 1. The second-order valence-electron chi connectivity index (χ2n) is 5.86. The van der Waals surface area contributed by atoms with Crippen LogP contribution in [0.3, 0.4) is 0 Å². The van der Waals surface area contributed by atoms with Gasteiger partial charge in [0.15, 0.2) is 5.82 Å². The molecule has 2 aromatic heterocycles. The number of halogens is 1. The van der Waals surface area contributed by atoms with Crippen molar-refractivity contribution in [3.63, 3.8) is 0 Å². The van der Waals surface area contributed by atoms with Gasteiger partial charge in [0.25, 0.3) is 5.91 Å². The first kappa shape index (κ1) is 16.4. The summed E-state index contributed by atoms with van der Waals surface area (Å²) in [6, 6.07) is 16.6. The quantitative estimate of drug-likeness (QED) is 0.544. The Kier molecular flexibility index (Phi) is 3.97. The fraction of sp³-hybridized carbons (Fsp3) is 0.105. The summed E-state index contributed by atoms with van der Waals surface area (Å²) < 4.78 is 7.23. The molecule has 0 saturated heterocycles. The molecule has 0 spiro atoms. The molecule has 26 heavy (non-hydrogen) atoms. The molecule has 130 valence electrons. The van der Waals surface area contributed by atoms with Crippen molar-refractivity contribution in [2.45, 2.75) is 6.92 Å². The van der Waals surface area contributed by atoms with Crippen molar-refractivity contribution in [1.29, 1.82) is 0 Å². The summed E-state index contributed by atoms with van der Waals surface area (Å²) in [5.74, 6) is 0.710. The second-order valence-corrected chi connectivity index (χ2v) is 6.29. The number of fused-ring (bicyclic) bond motifs is 1. The molecule has 0 unspecified atom stereocenters. The Balaban J connectivity index is 1.71. The van der Waals surface area contributed by atoms with Gasteiger partial charge in [0.05, 0.1) is 5.69 Å². The Bertz CT molecular complexity index is 1100. The number of nitrogens with zero attached hydrogens (tertiary/aromatic N) is 4. The van der Waals surface area contributed by atoms with Gasteiger partial charge in [-0.25, -0.2) is 0 Å². The lowest BCUT2D eigenvalue weighted by Gasteiger charge is -2.15. The molecule has 0 N–H and O–H groups in total. The van der Waals surface area contributed by atoms with Crippen molar-refractivity contribution >= 4 is 29.0 Å². The van der Waals surface area contributed by atoms with E-state index in [9.17, 15) is 4.79 Å². The third-order valence-corrected chi connectivity index (χ3v) is 4.38. The maximum atomic E-state index is 12.8. The Morgan fingerprint density at radius 2 is 1.92 bits per heavy atom. The zero-order valence-corrected chi connectivity index (χ0v) is 14.9. The molecule has 0 fully saturated rings. The maximum Gasteiger partial charge on any atom is 0.325 e. The summed E-state index contributed by atoms with van der Waals surface area (Å²) in [4.78, 5) is 18.7. The van der Waals surface area contributed by atoms with Crippen molar-refractivity contribution in [2.24, 2.45) is 0 Å². The van der Waals surface area contributed by atoms with E-state index in [-0.39, 0.29) is 17.5 Å². The lowest BCUT2D eigenvalue weighted by atomic mass is 10.2. The van der Waals surface area contributed by atoms with Gasteiger partial charge in [-0.3, -0.25) is 4.79 Å². The minimum absolute atomic E-state index is 0.212. The normalized spacial score (nSPS) is 11.0. The van der Waals surface area contributed by atoms with Crippen molar-refractivity contribution in [2.75, 3.05) is 11.9 Å². The third-order valence-electron chi connectivity index (χ3n) is 4.14. The number of benzene rings is 2. The highest BCUT2D eigenvalue weighted by molar-refractivity contribution is 6.30. The van der Waals surface area contributed by atoms with Crippen LogP contribution in [0.15, 0.2) is 59.0 Å². The number of aryl methyl sites for hydroxylation is 1. The van der Waals surface area contributed by atoms with E-state index in [1.165, 1.54) is 9.42 Å². The molecule has 4 rings (SSSR count). The molecule has 4 aromatic rings. The van der Waals surface area contributed by atoms with Gasteiger partial charge >= 0.3 is 5.84 Å². The van der Waals surface area contributed by atoms with Crippen LogP contribution in [0.25, 0.3) is 17.2 Å². The third kappa shape index (κ3) is 2.74. The highest BCUT2D eigenvalue weighted by Gasteiger charge is 2.24. The van der Waals surface area contributed by atoms with Gasteiger partial charge in [-0.05, 0) is 31.2 Å². The number of carbonyl (C=O) groups excluding carboxylic acids is 1. The molecule has 6 nitrogen and oxygen atoms in total. The van der Waals surface area contributed by atoms with Crippen LogP contribution in [-0.4, -0.2) is 27.6 Å². The number of oxazole rings is 1. The Hall–Kier alpha value is -3.12. The highest BCUT2D eigenvalue weighted by atomic mass is 35.5. The van der Waals surface area contributed by atoms with Crippen molar-refractivity contribution in [3.8, 4) is 11.4 Å². The van der Waals surface area contributed by atoms with Gasteiger partial charge < -0.3 is 9.32 Å². The zero-order valence-electron chi connectivity index (χ0n) is 14.2. The second kappa shape index (κ2) is 6.31. The molecular weight excluding hydrogens is 352 g/mol. The van der Waals surface area contributed by atoms with Crippen molar-refractivity contribution in [1.82, 2.24) is 14.6 Å². The van der Waals surface area contributed by atoms with E-state index in [2.05, 4.69) is 10.1 Å². The van der Waals surface area contributed by atoms with E-state index >= 15 is 0 Å². The largest absolute Gasteiger partial charge is 0.416 e. The average molecular weight is 367 g/mol. The summed E-state index contributed by atoms with van der Waals surface area (Å²) in [7, 11) is 1.70. The molecule has 0 atom stereocenters. The number of hydrogen-bond donors (Lipinski definition) is 0. The van der Waals surface area contributed by atoms with E-state index in [0.29, 0.717) is 16.5 Å². The van der Waals surface area contributed by atoms with Gasteiger partial charge in [-0.2, -0.15) is 9.50 Å². The molecule has 0 aliphatic carbocycles. The van der Waals surface area contributed by atoms with E-state index in [0.717, 1.165) is 11.3 Å². The summed E-state index contributed by atoms with van der Waals surface area (Å²) in [5.41, 5.74) is 2.15. The summed E-state index contributed by atoms with van der Waals surface area (Å²) >= 11 is 6.02. The fourth-order valence-electron chi connectivity index (χ4n) is 2.71. The van der Waals surface area contributed by atoms with E-state index in [1.54, 1.807) is 26.1 Å². The lowest BCUT2D eigenvalue weighted by molar-refractivity contribution is 0.0967. The van der Waals surface area contributed by atoms with Crippen LogP contribution in [0.1, 0.15) is 16.2 Å². The topological polar surface area (TPSA) is 63.6 Å². The molecule has 0 aliphatic rings. The first-order valence-corrected chi connectivity index (χ1v) is 8.37. The van der Waals surface area contributed by atoms with Crippen LogP contribution < -0.4 is 4.90 Å². The first-order chi connectivity index (χ1) is 12.5. The van der Waals surface area contributed by atoms with Gasteiger partial charge in [0.2, 0.25) is 5.76 Å². The number of rotatable bonds is 3. The summed E-state index contributed by atoms with van der Waals surface area (Å²) in [6.45, 7) is 1.78. The van der Waals surface area contributed by atoms with Crippen LogP contribution in [0.2, 0.25) is 5.02 Å². The van der Waals surface area contributed by atoms with Gasteiger partial charge in [0.1, 0.15) is 0 Å². The molecule has 0 radical (unpaired) electrons. The van der Waals surface area contributed by atoms with E-state index in [1.807, 2.05) is 42.5 Å². The molecule has 0 saturated carbocycles. The van der Waals surface area contributed by atoms with Crippen molar-refractivity contribution in [3.05, 3.63) is 71.1 Å². The summed E-state index contributed by atoms with van der Waals surface area (Å²) in [6.07, 6.45) is 0. The number of amides is 1. The smallest absolute Gasteiger partial charge is 0.325 e. The maximum absolute atomic E-state index is 12.8. The fourth-order valence-corrected chi connectivity index (χ4v) is 2.90. The van der Waals surface area contributed by atoms with E-state index in [4.69, 9.17) is 16.0 Å². The molecule has 2 aromatic carbocycles. The molecular formula is C19H15ClN4O2. The van der Waals surface area contributed by atoms with Crippen molar-refractivity contribution < 1.29 is 9.21 Å². The SMILES string of the molecule is Cc1c(C(=O)N(C)c2ccccc2)oc2nc(-c3cccc(Cl)c3)nn12. The lowest BCUT2D eigenvalue weighted by Crippen LogP contribution is -2.26. The van der Waals surface area contributed by atoms with Crippen LogP contribution in [0.4, 0.5) is 5.69 Å². The van der Waals surface area contributed by atoms with Crippen LogP contribution in [-0.2, 0) is 0 Å². The molecule has 0 aliphatic heterocycles. The number of carbonyl (C=O) groups is 1. The molecule has 0 bridgehead atoms. The number of hydrogen-bond acceptors (Lipinski definition) is 4. The molecule has 7 heteroatoms. The van der Waals surface area contributed by atoms with Gasteiger partial charge in [0, 0.05) is 23.3 Å². The average Bonchev–Trinajstić information content (AvgIpc) is 3.21. The monoisotopic (exact) mass is 366 g/mol. The van der Waals surface area contributed by atoms with Crippen LogP contribution in [0.5, 0.6) is 0 Å². The van der Waals surface area contributed by atoms with Crippen LogP contribution >= 0.6 is 11.6 Å². The number of aromatic nitrogens is 3. The zero-order chi connectivity index (χ0) is 18.3. The van der Waals surface area contributed by atoms with Crippen LogP contribution in [0, 0.1) is 6.92 Å². The Morgan fingerprint density at radius 1 is 1.15 bits per heavy atom. The number of para-hydroxylation sites is 1. The van der Waals surface area contributed by atoms with E-state index < -0.39 is 0 Å². The molecule has 2 heterocycles. The standard InChI is InChI=1S/C19H15ClN4O2/c1-12-16(18(25)23(2)15-9-4-3-5-10-15)26-19-21-17(22-24(12)19)13-7-6-8-14(20)11-13/h3-11H,1-2H3. The minimum Gasteiger partial charge on any atom is -0.416 e. The molecule has 1 amide bonds. The Labute approximate surface area is 154 Å². The van der Waals surface area contributed by atoms with Gasteiger partial charge in [-0.15, -0.1) is 5.10 Å². The highest BCUT2D eigenvalue weighted by Crippen LogP contribution is 2.24. The Morgan fingerprint density at radius 3 is 2.62 bits per heavy atom. The summed E-state index contributed by atoms with van der Waals surface area (Å²) in [5, 5.41) is 5.04. The predicted molar refractivity (Wildman–Crippen MR) is 99.6 cm³/mol.